The Bertz CT molecular complexity index is 494. The van der Waals surface area contributed by atoms with Gasteiger partial charge in [0.2, 0.25) is 0 Å². The van der Waals surface area contributed by atoms with Crippen LogP contribution in [0.2, 0.25) is 0 Å². The van der Waals surface area contributed by atoms with Gasteiger partial charge >= 0.3 is 0 Å². The van der Waals surface area contributed by atoms with Crippen molar-refractivity contribution in [1.29, 1.82) is 0 Å². The summed E-state index contributed by atoms with van der Waals surface area (Å²) < 4.78 is 12.9. The maximum Gasteiger partial charge on any atom is 0.123 e. The van der Waals surface area contributed by atoms with Crippen LogP contribution in [0.25, 0.3) is 0 Å². The molecule has 0 aliphatic carbocycles. The van der Waals surface area contributed by atoms with E-state index in [1.807, 2.05) is 25.1 Å². The van der Waals surface area contributed by atoms with Gasteiger partial charge in [-0.15, -0.1) is 0 Å². The molecule has 0 aromatic heterocycles. The molecule has 0 fully saturated rings. The third-order valence-electron chi connectivity index (χ3n) is 2.75. The van der Waals surface area contributed by atoms with Crippen molar-refractivity contribution in [2.24, 2.45) is 5.84 Å². The van der Waals surface area contributed by atoms with E-state index in [1.165, 1.54) is 17.7 Å². The Morgan fingerprint density at radius 3 is 2.35 bits per heavy atom. The predicted molar refractivity (Wildman–Crippen MR) is 66.7 cm³/mol. The summed E-state index contributed by atoms with van der Waals surface area (Å²) in [6, 6.07) is 14.3. The number of hydrogen-bond acceptors (Lipinski definition) is 2. The van der Waals surface area contributed by atoms with Crippen molar-refractivity contribution >= 4 is 0 Å². The second-order valence-corrected chi connectivity index (χ2v) is 4.07. The van der Waals surface area contributed by atoms with Crippen molar-refractivity contribution in [2.45, 2.75) is 13.0 Å². The molecule has 0 heterocycles. The van der Waals surface area contributed by atoms with E-state index in [-0.39, 0.29) is 11.9 Å². The van der Waals surface area contributed by atoms with Gasteiger partial charge in [0.25, 0.3) is 0 Å². The van der Waals surface area contributed by atoms with Gasteiger partial charge in [-0.05, 0) is 30.2 Å². The first-order chi connectivity index (χ1) is 8.20. The highest BCUT2D eigenvalue weighted by atomic mass is 19.1. The third kappa shape index (κ3) is 2.70. The van der Waals surface area contributed by atoms with Crippen LogP contribution in [0, 0.1) is 12.7 Å². The molecule has 2 rings (SSSR count). The molecule has 3 N–H and O–H groups in total. The SMILES string of the molecule is Cc1cccc(C(NN)c2ccc(F)cc2)c1. The molecule has 0 saturated heterocycles. The van der Waals surface area contributed by atoms with Crippen LogP contribution < -0.4 is 11.3 Å². The van der Waals surface area contributed by atoms with E-state index in [2.05, 4.69) is 11.5 Å². The summed E-state index contributed by atoms with van der Waals surface area (Å²) in [6.07, 6.45) is 0. The van der Waals surface area contributed by atoms with Crippen LogP contribution in [0.5, 0.6) is 0 Å². The first kappa shape index (κ1) is 11.8. The fourth-order valence-electron chi connectivity index (χ4n) is 1.89. The molecule has 2 aromatic carbocycles. The lowest BCUT2D eigenvalue weighted by Crippen LogP contribution is -2.28. The number of hydrazine groups is 1. The summed E-state index contributed by atoms with van der Waals surface area (Å²) in [5, 5.41) is 0. The first-order valence-corrected chi connectivity index (χ1v) is 5.49. The predicted octanol–water partition coefficient (Wildman–Crippen LogP) is 2.69. The fraction of sp³-hybridized carbons (Fsp3) is 0.143. The molecular weight excluding hydrogens is 215 g/mol. The lowest BCUT2D eigenvalue weighted by molar-refractivity contribution is 0.615. The summed E-state index contributed by atoms with van der Waals surface area (Å²) >= 11 is 0. The van der Waals surface area contributed by atoms with E-state index in [4.69, 9.17) is 5.84 Å². The molecule has 0 bridgehead atoms. The monoisotopic (exact) mass is 230 g/mol. The lowest BCUT2D eigenvalue weighted by atomic mass is 9.98. The van der Waals surface area contributed by atoms with Crippen LogP contribution in [0.15, 0.2) is 48.5 Å². The van der Waals surface area contributed by atoms with Gasteiger partial charge in [-0.2, -0.15) is 0 Å². The summed E-state index contributed by atoms with van der Waals surface area (Å²) in [6.45, 7) is 2.03. The van der Waals surface area contributed by atoms with Gasteiger partial charge in [-0.3, -0.25) is 5.84 Å². The molecular formula is C14H15FN2. The normalized spacial score (nSPS) is 12.4. The smallest absolute Gasteiger partial charge is 0.123 e. The Labute approximate surface area is 100 Å². The number of benzene rings is 2. The number of nitrogens with one attached hydrogen (secondary N) is 1. The minimum Gasteiger partial charge on any atom is -0.271 e. The average molecular weight is 230 g/mol. The maximum atomic E-state index is 12.9. The van der Waals surface area contributed by atoms with Crippen molar-refractivity contribution in [1.82, 2.24) is 5.43 Å². The van der Waals surface area contributed by atoms with E-state index >= 15 is 0 Å². The van der Waals surface area contributed by atoms with Gasteiger partial charge in [0, 0.05) is 0 Å². The van der Waals surface area contributed by atoms with Gasteiger partial charge in [0.05, 0.1) is 6.04 Å². The van der Waals surface area contributed by atoms with Crippen LogP contribution in [0.3, 0.4) is 0 Å². The van der Waals surface area contributed by atoms with E-state index in [9.17, 15) is 4.39 Å². The summed E-state index contributed by atoms with van der Waals surface area (Å²) in [5.74, 6) is 5.34. The van der Waals surface area contributed by atoms with Crippen molar-refractivity contribution in [3.63, 3.8) is 0 Å². The average Bonchev–Trinajstić information content (AvgIpc) is 2.33. The Kier molecular flexibility index (Phi) is 3.52. The standard InChI is InChI=1S/C14H15FN2/c1-10-3-2-4-12(9-10)14(17-16)11-5-7-13(15)8-6-11/h2-9,14,17H,16H2,1H3. The van der Waals surface area contributed by atoms with Crippen LogP contribution in [0.4, 0.5) is 4.39 Å². The Hall–Kier alpha value is -1.71. The van der Waals surface area contributed by atoms with E-state index < -0.39 is 0 Å². The fourth-order valence-corrected chi connectivity index (χ4v) is 1.89. The topological polar surface area (TPSA) is 38.0 Å². The van der Waals surface area contributed by atoms with Crippen LogP contribution in [-0.4, -0.2) is 0 Å². The lowest BCUT2D eigenvalue weighted by Gasteiger charge is -2.17. The quantitative estimate of drug-likeness (QED) is 0.628. The molecule has 2 nitrogen and oxygen atoms in total. The van der Waals surface area contributed by atoms with Crippen LogP contribution >= 0.6 is 0 Å². The van der Waals surface area contributed by atoms with Crippen molar-refractivity contribution in [3.05, 3.63) is 71.0 Å². The molecule has 0 aliphatic rings. The van der Waals surface area contributed by atoms with Crippen LogP contribution in [-0.2, 0) is 0 Å². The molecule has 1 unspecified atom stereocenters. The van der Waals surface area contributed by atoms with E-state index in [1.54, 1.807) is 12.1 Å². The largest absolute Gasteiger partial charge is 0.271 e. The highest BCUT2D eigenvalue weighted by Crippen LogP contribution is 2.22. The van der Waals surface area contributed by atoms with Gasteiger partial charge in [-0.1, -0.05) is 42.0 Å². The molecule has 0 aliphatic heterocycles. The molecule has 0 radical (unpaired) electrons. The van der Waals surface area contributed by atoms with Gasteiger partial charge in [0.15, 0.2) is 0 Å². The van der Waals surface area contributed by atoms with E-state index in [0.29, 0.717) is 0 Å². The summed E-state index contributed by atoms with van der Waals surface area (Å²) in [7, 11) is 0. The Morgan fingerprint density at radius 1 is 1.06 bits per heavy atom. The molecule has 3 heteroatoms. The van der Waals surface area contributed by atoms with Crippen LogP contribution in [0.1, 0.15) is 22.7 Å². The summed E-state index contributed by atoms with van der Waals surface area (Å²) in [5.41, 5.74) is 5.94. The highest BCUT2D eigenvalue weighted by molar-refractivity contribution is 5.33. The second kappa shape index (κ2) is 5.08. The zero-order valence-corrected chi connectivity index (χ0v) is 9.65. The van der Waals surface area contributed by atoms with Gasteiger partial charge in [0.1, 0.15) is 5.82 Å². The molecule has 1 atom stereocenters. The number of halogens is 1. The third-order valence-corrected chi connectivity index (χ3v) is 2.75. The molecule has 17 heavy (non-hydrogen) atoms. The number of nitrogens with two attached hydrogens (primary N) is 1. The molecule has 0 spiro atoms. The second-order valence-electron chi connectivity index (χ2n) is 4.07. The zero-order valence-electron chi connectivity index (χ0n) is 9.65. The van der Waals surface area contributed by atoms with Crippen molar-refractivity contribution < 1.29 is 4.39 Å². The molecule has 0 saturated carbocycles. The maximum absolute atomic E-state index is 12.9. The van der Waals surface area contributed by atoms with E-state index in [0.717, 1.165) is 11.1 Å². The van der Waals surface area contributed by atoms with Crippen molar-refractivity contribution in [3.8, 4) is 0 Å². The minimum atomic E-state index is -0.242. The number of aryl methyl sites for hydroxylation is 1. The zero-order chi connectivity index (χ0) is 12.3. The number of hydrogen-bond donors (Lipinski definition) is 2. The van der Waals surface area contributed by atoms with Gasteiger partial charge in [-0.25, -0.2) is 9.82 Å². The Morgan fingerprint density at radius 2 is 1.76 bits per heavy atom. The number of rotatable bonds is 3. The first-order valence-electron chi connectivity index (χ1n) is 5.49. The molecule has 88 valence electrons. The Balaban J connectivity index is 2.36. The summed E-state index contributed by atoms with van der Waals surface area (Å²) in [4.78, 5) is 0. The molecule has 0 amide bonds. The van der Waals surface area contributed by atoms with Gasteiger partial charge < -0.3 is 0 Å². The highest BCUT2D eigenvalue weighted by Gasteiger charge is 2.12. The minimum absolute atomic E-state index is 0.115. The molecule has 2 aromatic rings. The van der Waals surface area contributed by atoms with Crippen molar-refractivity contribution in [2.75, 3.05) is 0 Å².